The normalized spacial score (nSPS) is 12.4. The molecule has 1 atom stereocenters. The van der Waals surface area contributed by atoms with Crippen molar-refractivity contribution in [3.63, 3.8) is 0 Å². The molecular weight excluding hydrogens is 379 g/mol. The van der Waals surface area contributed by atoms with Gasteiger partial charge in [-0.2, -0.15) is 11.3 Å². The van der Waals surface area contributed by atoms with Crippen LogP contribution in [-0.4, -0.2) is 29.5 Å². The average molecular weight is 398 g/mol. The van der Waals surface area contributed by atoms with E-state index in [9.17, 15) is 9.50 Å². The first kappa shape index (κ1) is 18.6. The van der Waals surface area contributed by atoms with Crippen LogP contribution in [0.15, 0.2) is 63.8 Å². The fraction of sp³-hybridized carbons (Fsp3) is 0.190. The summed E-state index contributed by atoms with van der Waals surface area (Å²) in [7, 11) is 0. The number of aliphatic hydroxyl groups is 1. The van der Waals surface area contributed by atoms with Crippen LogP contribution in [0.4, 0.5) is 4.39 Å². The van der Waals surface area contributed by atoms with E-state index in [2.05, 4.69) is 21.9 Å². The Hall–Kier alpha value is -2.74. The molecule has 0 unspecified atom stereocenters. The number of hydrogen-bond acceptors (Lipinski definition) is 6. The number of fused-ring (bicyclic) bond motifs is 1. The molecular formula is C21H19FN2O3S. The summed E-state index contributed by atoms with van der Waals surface area (Å²) in [4.78, 5) is 0. The molecule has 0 aliphatic heterocycles. The van der Waals surface area contributed by atoms with E-state index < -0.39 is 6.10 Å². The van der Waals surface area contributed by atoms with Crippen molar-refractivity contribution in [1.29, 1.82) is 0 Å². The maximum absolute atomic E-state index is 13.3. The highest BCUT2D eigenvalue weighted by Crippen LogP contribution is 2.29. The Balaban J connectivity index is 1.31. The topological polar surface area (TPSA) is 67.5 Å². The number of ether oxygens (including phenoxy) is 1. The Labute approximate surface area is 165 Å². The van der Waals surface area contributed by atoms with E-state index in [1.165, 1.54) is 17.7 Å². The van der Waals surface area contributed by atoms with Crippen molar-refractivity contribution in [2.75, 3.05) is 13.2 Å². The zero-order valence-corrected chi connectivity index (χ0v) is 15.8. The SMILES string of the molecule is O[C@H](CNCc1ccsc1)COc1ccc(-c2noc3cc(F)ccc23)cc1. The minimum atomic E-state index is -0.604. The molecule has 0 spiro atoms. The van der Waals surface area contributed by atoms with Gasteiger partial charge >= 0.3 is 0 Å². The third-order valence-electron chi connectivity index (χ3n) is 4.29. The Morgan fingerprint density at radius 3 is 2.82 bits per heavy atom. The van der Waals surface area contributed by atoms with Gasteiger partial charge in [0.1, 0.15) is 30.0 Å². The standard InChI is InChI=1S/C21H19FN2O3S/c22-16-3-6-19-20(9-16)27-24-21(19)15-1-4-18(5-2-15)26-12-17(25)11-23-10-14-7-8-28-13-14/h1-9,13,17,23,25H,10-12H2/t17-/m1/s1. The van der Waals surface area contributed by atoms with E-state index >= 15 is 0 Å². The number of halogens is 1. The first-order valence-electron chi connectivity index (χ1n) is 8.87. The molecule has 0 aliphatic rings. The summed E-state index contributed by atoms with van der Waals surface area (Å²) in [5, 5.41) is 22.1. The van der Waals surface area contributed by atoms with Crippen LogP contribution in [-0.2, 0) is 6.54 Å². The summed E-state index contributed by atoms with van der Waals surface area (Å²) < 4.78 is 24.1. The van der Waals surface area contributed by atoms with Gasteiger partial charge in [0.15, 0.2) is 5.58 Å². The molecule has 0 amide bonds. The van der Waals surface area contributed by atoms with Crippen molar-refractivity contribution in [1.82, 2.24) is 10.5 Å². The number of hydrogen-bond donors (Lipinski definition) is 2. The molecule has 2 aromatic heterocycles. The number of thiophene rings is 1. The molecule has 28 heavy (non-hydrogen) atoms. The Morgan fingerprint density at radius 2 is 2.04 bits per heavy atom. The van der Waals surface area contributed by atoms with Gasteiger partial charge in [-0.25, -0.2) is 4.39 Å². The largest absolute Gasteiger partial charge is 0.491 e. The first-order valence-corrected chi connectivity index (χ1v) is 9.81. The second-order valence-corrected chi connectivity index (χ2v) is 7.20. The lowest BCUT2D eigenvalue weighted by Crippen LogP contribution is -2.31. The van der Waals surface area contributed by atoms with Crippen LogP contribution < -0.4 is 10.1 Å². The Morgan fingerprint density at radius 1 is 1.18 bits per heavy atom. The third-order valence-corrected chi connectivity index (χ3v) is 5.03. The highest BCUT2D eigenvalue weighted by Gasteiger charge is 2.11. The van der Waals surface area contributed by atoms with Gasteiger partial charge in [0, 0.05) is 30.1 Å². The molecule has 4 rings (SSSR count). The highest BCUT2D eigenvalue weighted by atomic mass is 32.1. The lowest BCUT2D eigenvalue weighted by Gasteiger charge is -2.13. The maximum atomic E-state index is 13.3. The monoisotopic (exact) mass is 398 g/mol. The maximum Gasteiger partial charge on any atom is 0.170 e. The van der Waals surface area contributed by atoms with Crippen LogP contribution in [0.1, 0.15) is 5.56 Å². The van der Waals surface area contributed by atoms with Crippen LogP contribution >= 0.6 is 11.3 Å². The molecule has 0 saturated carbocycles. The zero-order valence-electron chi connectivity index (χ0n) is 15.0. The van der Waals surface area contributed by atoms with Crippen molar-refractivity contribution >= 4 is 22.3 Å². The van der Waals surface area contributed by atoms with Gasteiger partial charge in [-0.05, 0) is 58.8 Å². The molecule has 2 N–H and O–H groups in total. The van der Waals surface area contributed by atoms with Crippen LogP contribution in [0.25, 0.3) is 22.2 Å². The molecule has 144 valence electrons. The van der Waals surface area contributed by atoms with Gasteiger partial charge < -0.3 is 19.7 Å². The van der Waals surface area contributed by atoms with E-state index in [0.717, 1.165) is 17.5 Å². The quantitative estimate of drug-likeness (QED) is 0.465. The number of aliphatic hydroxyl groups excluding tert-OH is 1. The summed E-state index contributed by atoms with van der Waals surface area (Å²) in [6, 6.07) is 13.7. The van der Waals surface area contributed by atoms with E-state index in [1.54, 1.807) is 17.4 Å². The molecule has 4 aromatic rings. The third kappa shape index (κ3) is 4.39. The number of aromatic nitrogens is 1. The van der Waals surface area contributed by atoms with Crippen LogP contribution in [0, 0.1) is 5.82 Å². The lowest BCUT2D eigenvalue weighted by molar-refractivity contribution is 0.106. The van der Waals surface area contributed by atoms with Gasteiger partial charge in [0.2, 0.25) is 0 Å². The summed E-state index contributed by atoms with van der Waals surface area (Å²) in [5.41, 5.74) is 3.11. The average Bonchev–Trinajstić information content (AvgIpc) is 3.36. The Kier molecular flexibility index (Phi) is 5.66. The van der Waals surface area contributed by atoms with Crippen LogP contribution in [0.2, 0.25) is 0 Å². The molecule has 5 nitrogen and oxygen atoms in total. The predicted octanol–water partition coefficient (Wildman–Crippen LogP) is 4.22. The van der Waals surface area contributed by atoms with Crippen molar-refractivity contribution in [3.8, 4) is 17.0 Å². The molecule has 0 fully saturated rings. The molecule has 7 heteroatoms. The van der Waals surface area contributed by atoms with E-state index in [0.29, 0.717) is 23.6 Å². The van der Waals surface area contributed by atoms with Gasteiger partial charge in [-0.15, -0.1) is 0 Å². The minimum absolute atomic E-state index is 0.197. The molecule has 0 saturated heterocycles. The van der Waals surface area contributed by atoms with Crippen molar-refractivity contribution in [2.45, 2.75) is 12.6 Å². The van der Waals surface area contributed by atoms with Gasteiger partial charge in [-0.3, -0.25) is 0 Å². The van der Waals surface area contributed by atoms with Gasteiger partial charge in [0.05, 0.1) is 0 Å². The summed E-state index contributed by atoms with van der Waals surface area (Å²) in [5.74, 6) is 0.293. The van der Waals surface area contributed by atoms with Crippen LogP contribution in [0.3, 0.4) is 0 Å². The molecule has 0 aliphatic carbocycles. The molecule has 2 heterocycles. The number of nitrogens with one attached hydrogen (secondary N) is 1. The summed E-state index contributed by atoms with van der Waals surface area (Å²) in [6.45, 7) is 1.38. The van der Waals surface area contributed by atoms with Gasteiger partial charge in [-0.1, -0.05) is 5.16 Å². The smallest absolute Gasteiger partial charge is 0.170 e. The fourth-order valence-electron chi connectivity index (χ4n) is 2.86. The number of rotatable bonds is 8. The second kappa shape index (κ2) is 8.52. The van der Waals surface area contributed by atoms with Crippen molar-refractivity contribution in [3.05, 3.63) is 70.7 Å². The molecule has 2 aromatic carbocycles. The minimum Gasteiger partial charge on any atom is -0.491 e. The predicted molar refractivity (Wildman–Crippen MR) is 107 cm³/mol. The molecule has 0 bridgehead atoms. The first-order chi connectivity index (χ1) is 13.7. The van der Waals surface area contributed by atoms with Crippen molar-refractivity contribution < 1.29 is 18.8 Å². The fourth-order valence-corrected chi connectivity index (χ4v) is 3.52. The Bertz CT molecular complexity index is 1030. The van der Waals surface area contributed by atoms with E-state index in [-0.39, 0.29) is 12.4 Å². The highest BCUT2D eigenvalue weighted by molar-refractivity contribution is 7.07. The number of benzene rings is 2. The summed E-state index contributed by atoms with van der Waals surface area (Å²) in [6.07, 6.45) is -0.604. The van der Waals surface area contributed by atoms with Crippen molar-refractivity contribution in [2.24, 2.45) is 0 Å². The van der Waals surface area contributed by atoms with Gasteiger partial charge in [0.25, 0.3) is 0 Å². The zero-order chi connectivity index (χ0) is 19.3. The number of nitrogens with zero attached hydrogens (tertiary/aromatic N) is 1. The van der Waals surface area contributed by atoms with E-state index in [4.69, 9.17) is 9.26 Å². The summed E-state index contributed by atoms with van der Waals surface area (Å²) >= 11 is 1.65. The molecule has 0 radical (unpaired) electrons. The second-order valence-electron chi connectivity index (χ2n) is 6.42. The van der Waals surface area contributed by atoms with Crippen LogP contribution in [0.5, 0.6) is 5.75 Å². The lowest BCUT2D eigenvalue weighted by atomic mass is 10.1. The van der Waals surface area contributed by atoms with E-state index in [1.807, 2.05) is 29.6 Å².